The van der Waals surface area contributed by atoms with Gasteiger partial charge in [-0.1, -0.05) is 18.6 Å². The monoisotopic (exact) mass is 458 g/mol. The molecule has 11 heteroatoms. The molecule has 32 heavy (non-hydrogen) atoms. The highest BCUT2D eigenvalue weighted by Gasteiger charge is 2.25. The Balaban J connectivity index is 1.43. The van der Waals surface area contributed by atoms with E-state index in [1.54, 1.807) is 19.1 Å². The zero-order chi connectivity index (χ0) is 22.7. The van der Waals surface area contributed by atoms with E-state index < -0.39 is 15.8 Å². The molecule has 1 saturated heterocycles. The second-order valence-electron chi connectivity index (χ2n) is 7.64. The van der Waals surface area contributed by atoms with E-state index in [2.05, 4.69) is 20.8 Å². The van der Waals surface area contributed by atoms with E-state index in [0.717, 1.165) is 19.3 Å². The summed E-state index contributed by atoms with van der Waals surface area (Å²) in [7, 11) is -3.51. The van der Waals surface area contributed by atoms with E-state index in [0.29, 0.717) is 30.2 Å². The highest BCUT2D eigenvalue weighted by atomic mass is 32.2. The van der Waals surface area contributed by atoms with Gasteiger partial charge in [-0.05, 0) is 66.1 Å². The van der Waals surface area contributed by atoms with Gasteiger partial charge in [-0.25, -0.2) is 12.8 Å². The number of piperidine rings is 1. The minimum absolute atomic E-state index is 0.0423. The number of aryl methyl sites for hydroxylation is 1. The van der Waals surface area contributed by atoms with Gasteiger partial charge in [0, 0.05) is 18.8 Å². The number of anilines is 1. The molecule has 2 heterocycles. The van der Waals surface area contributed by atoms with Crippen LogP contribution in [0.25, 0.3) is 5.69 Å². The first-order valence-electron chi connectivity index (χ1n) is 10.3. The molecular weight excluding hydrogens is 435 g/mol. The van der Waals surface area contributed by atoms with Crippen LogP contribution in [0.4, 0.5) is 10.1 Å². The summed E-state index contributed by atoms with van der Waals surface area (Å²) in [6.45, 7) is 2.71. The van der Waals surface area contributed by atoms with Crippen LogP contribution in [0, 0.1) is 12.7 Å². The van der Waals surface area contributed by atoms with Gasteiger partial charge in [0.15, 0.2) is 5.82 Å². The lowest BCUT2D eigenvalue weighted by atomic mass is 10.1. The van der Waals surface area contributed by atoms with Gasteiger partial charge in [0.05, 0.1) is 11.3 Å². The first-order valence-corrected chi connectivity index (χ1v) is 11.7. The molecule has 0 saturated carbocycles. The van der Waals surface area contributed by atoms with Crippen LogP contribution >= 0.6 is 0 Å². The van der Waals surface area contributed by atoms with Crippen LogP contribution in [-0.2, 0) is 21.2 Å². The predicted molar refractivity (Wildman–Crippen MR) is 115 cm³/mol. The fourth-order valence-corrected chi connectivity index (χ4v) is 5.15. The summed E-state index contributed by atoms with van der Waals surface area (Å²) in [6, 6.07) is 10.5. The van der Waals surface area contributed by atoms with Crippen LogP contribution < -0.4 is 5.32 Å². The van der Waals surface area contributed by atoms with E-state index in [9.17, 15) is 17.6 Å². The Morgan fingerprint density at radius 1 is 1.09 bits per heavy atom. The molecule has 0 bridgehead atoms. The zero-order valence-electron chi connectivity index (χ0n) is 17.5. The van der Waals surface area contributed by atoms with Crippen molar-refractivity contribution in [2.24, 2.45) is 0 Å². The van der Waals surface area contributed by atoms with E-state index in [-0.39, 0.29) is 22.9 Å². The number of sulfonamides is 1. The van der Waals surface area contributed by atoms with Crippen molar-refractivity contribution in [2.45, 2.75) is 37.5 Å². The minimum Gasteiger partial charge on any atom is -0.326 e. The summed E-state index contributed by atoms with van der Waals surface area (Å²) in [5, 5.41) is 13.7. The molecule has 0 unspecified atom stereocenters. The van der Waals surface area contributed by atoms with Crippen molar-refractivity contribution >= 4 is 21.6 Å². The summed E-state index contributed by atoms with van der Waals surface area (Å²) >= 11 is 0. The number of carbonyl (C=O) groups is 1. The number of amides is 1. The third-order valence-corrected chi connectivity index (χ3v) is 7.24. The maximum atomic E-state index is 14.2. The number of tetrazole rings is 1. The number of hydrogen-bond acceptors (Lipinski definition) is 6. The van der Waals surface area contributed by atoms with Crippen molar-refractivity contribution in [1.29, 1.82) is 0 Å². The summed E-state index contributed by atoms with van der Waals surface area (Å²) in [4.78, 5) is 12.7. The Morgan fingerprint density at radius 3 is 2.47 bits per heavy atom. The van der Waals surface area contributed by atoms with Crippen LogP contribution in [-0.4, -0.2) is 51.9 Å². The zero-order valence-corrected chi connectivity index (χ0v) is 18.3. The highest BCUT2D eigenvalue weighted by Crippen LogP contribution is 2.22. The van der Waals surface area contributed by atoms with E-state index in [1.165, 1.54) is 39.3 Å². The van der Waals surface area contributed by atoms with E-state index in [1.807, 2.05) is 0 Å². The molecule has 9 nitrogen and oxygen atoms in total. The number of rotatable bonds is 6. The topological polar surface area (TPSA) is 110 Å². The first-order chi connectivity index (χ1) is 15.3. The summed E-state index contributed by atoms with van der Waals surface area (Å²) in [5.74, 6) is -0.432. The number of nitrogens with one attached hydrogen (secondary N) is 1. The Morgan fingerprint density at radius 2 is 1.81 bits per heavy atom. The maximum Gasteiger partial charge on any atom is 0.243 e. The smallest absolute Gasteiger partial charge is 0.243 e. The molecule has 0 atom stereocenters. The lowest BCUT2D eigenvalue weighted by Gasteiger charge is -2.25. The van der Waals surface area contributed by atoms with Crippen molar-refractivity contribution in [2.75, 3.05) is 18.4 Å². The summed E-state index contributed by atoms with van der Waals surface area (Å²) in [6.07, 6.45) is 2.83. The average molecular weight is 459 g/mol. The molecule has 1 N–H and O–H groups in total. The Kier molecular flexibility index (Phi) is 6.28. The fourth-order valence-electron chi connectivity index (χ4n) is 3.63. The lowest BCUT2D eigenvalue weighted by Crippen LogP contribution is -2.35. The number of aromatic nitrogens is 4. The van der Waals surface area contributed by atoms with Gasteiger partial charge in [-0.2, -0.15) is 8.99 Å². The lowest BCUT2D eigenvalue weighted by molar-refractivity contribution is -0.115. The minimum atomic E-state index is -3.51. The molecule has 168 valence electrons. The normalized spacial score (nSPS) is 14.9. The third kappa shape index (κ3) is 4.68. The number of carbonyl (C=O) groups excluding carboxylic acids is 1. The molecule has 4 rings (SSSR count). The van der Waals surface area contributed by atoms with Crippen LogP contribution in [0.1, 0.15) is 30.7 Å². The molecule has 2 aromatic carbocycles. The van der Waals surface area contributed by atoms with E-state index >= 15 is 0 Å². The number of halogens is 1. The molecule has 1 aliphatic rings. The molecule has 1 aromatic heterocycles. The van der Waals surface area contributed by atoms with Crippen LogP contribution in [0.5, 0.6) is 0 Å². The molecular formula is C21H23FN6O3S. The second kappa shape index (κ2) is 9.13. The fraction of sp³-hybridized carbons (Fsp3) is 0.333. The van der Waals surface area contributed by atoms with Gasteiger partial charge in [0.25, 0.3) is 0 Å². The molecule has 3 aromatic rings. The van der Waals surface area contributed by atoms with Gasteiger partial charge < -0.3 is 5.32 Å². The summed E-state index contributed by atoms with van der Waals surface area (Å²) < 4.78 is 42.4. The molecule has 0 radical (unpaired) electrons. The van der Waals surface area contributed by atoms with E-state index in [4.69, 9.17) is 0 Å². The standard InChI is InChI=1S/C21H23FN6O3S/c1-15-24-25-26-28(15)20-14-17(7-10-19(20)22)23-21(29)13-16-5-8-18(9-6-16)32(30,31)27-11-3-2-4-12-27/h5-10,14H,2-4,11-13H2,1H3,(H,23,29). The molecule has 0 aliphatic carbocycles. The number of benzene rings is 2. The SMILES string of the molecule is Cc1nnnn1-c1cc(NC(=O)Cc2ccc(S(=O)(=O)N3CCCCC3)cc2)ccc1F. The van der Waals surface area contributed by atoms with Crippen LogP contribution in [0.15, 0.2) is 47.4 Å². The molecule has 0 spiro atoms. The average Bonchev–Trinajstić information content (AvgIpc) is 3.21. The van der Waals surface area contributed by atoms with Crippen molar-refractivity contribution in [1.82, 2.24) is 24.5 Å². The van der Waals surface area contributed by atoms with Crippen molar-refractivity contribution in [3.63, 3.8) is 0 Å². The highest BCUT2D eigenvalue weighted by molar-refractivity contribution is 7.89. The van der Waals surface area contributed by atoms with Crippen LogP contribution in [0.3, 0.4) is 0 Å². The first kappa shape index (κ1) is 22.0. The van der Waals surface area contributed by atoms with Crippen molar-refractivity contribution in [3.05, 3.63) is 59.7 Å². The Hall–Kier alpha value is -3.18. The Labute approximate surface area is 185 Å². The van der Waals surface area contributed by atoms with Gasteiger partial charge >= 0.3 is 0 Å². The van der Waals surface area contributed by atoms with Crippen molar-refractivity contribution < 1.29 is 17.6 Å². The van der Waals surface area contributed by atoms with Gasteiger partial charge in [0.2, 0.25) is 15.9 Å². The predicted octanol–water partition coefficient (Wildman–Crippen LogP) is 2.47. The van der Waals surface area contributed by atoms with Gasteiger partial charge in [0.1, 0.15) is 11.5 Å². The summed E-state index contributed by atoms with van der Waals surface area (Å²) in [5.41, 5.74) is 1.18. The molecule has 1 amide bonds. The van der Waals surface area contributed by atoms with Crippen molar-refractivity contribution in [3.8, 4) is 5.69 Å². The van der Waals surface area contributed by atoms with Gasteiger partial charge in [-0.15, -0.1) is 5.10 Å². The quantitative estimate of drug-likeness (QED) is 0.608. The second-order valence-corrected chi connectivity index (χ2v) is 9.58. The van der Waals surface area contributed by atoms with Crippen LogP contribution in [0.2, 0.25) is 0 Å². The molecule has 1 fully saturated rings. The largest absolute Gasteiger partial charge is 0.326 e. The number of nitrogens with zero attached hydrogens (tertiary/aromatic N) is 5. The van der Waals surface area contributed by atoms with Gasteiger partial charge in [-0.3, -0.25) is 4.79 Å². The molecule has 1 aliphatic heterocycles. The maximum absolute atomic E-state index is 14.2. The number of hydrogen-bond donors (Lipinski definition) is 1. The Bertz CT molecular complexity index is 1220. The third-order valence-electron chi connectivity index (χ3n) is 5.32.